The molecule has 0 spiro atoms. The molecule has 6 unspecified atom stereocenters. The molecule has 2 aromatic rings. The molecule has 0 saturated heterocycles. The van der Waals surface area contributed by atoms with Gasteiger partial charge in [0.1, 0.15) is 0 Å². The number of hydrogen-bond donors (Lipinski definition) is 4. The molecule has 0 aliphatic heterocycles. The van der Waals surface area contributed by atoms with Crippen LogP contribution in [0.1, 0.15) is 63.5 Å². The SMILES string of the molecule is CC(N)CC(N)C(CCCc1ccccc1)OC(CCCc1ccccc1)C(N)CC(C)N. The van der Waals surface area contributed by atoms with Crippen molar-refractivity contribution >= 4 is 0 Å². The van der Waals surface area contributed by atoms with Crippen molar-refractivity contribution in [1.82, 2.24) is 0 Å². The Bertz CT molecular complexity index is 675. The summed E-state index contributed by atoms with van der Waals surface area (Å²) in [6.45, 7) is 4.00. The van der Waals surface area contributed by atoms with Crippen molar-refractivity contribution in [3.63, 3.8) is 0 Å². The second-order valence-corrected chi connectivity index (χ2v) is 9.72. The van der Waals surface area contributed by atoms with Crippen LogP contribution in [0.2, 0.25) is 0 Å². The lowest BCUT2D eigenvalue weighted by Gasteiger charge is -2.33. The van der Waals surface area contributed by atoms with Gasteiger partial charge < -0.3 is 27.7 Å². The van der Waals surface area contributed by atoms with E-state index in [2.05, 4.69) is 48.5 Å². The van der Waals surface area contributed by atoms with Gasteiger partial charge in [0.05, 0.1) is 12.2 Å². The van der Waals surface area contributed by atoms with Crippen LogP contribution < -0.4 is 22.9 Å². The molecule has 0 fully saturated rings. The summed E-state index contributed by atoms with van der Waals surface area (Å²) < 4.78 is 6.69. The number of nitrogens with two attached hydrogens (primary N) is 4. The second kappa shape index (κ2) is 15.2. The molecule has 0 aliphatic rings. The molecule has 0 radical (unpaired) electrons. The number of ether oxygens (including phenoxy) is 1. The second-order valence-electron chi connectivity index (χ2n) is 9.72. The lowest BCUT2D eigenvalue weighted by Crippen LogP contribution is -2.47. The number of hydrogen-bond acceptors (Lipinski definition) is 5. The molecule has 5 heteroatoms. The Morgan fingerprint density at radius 1 is 0.606 bits per heavy atom. The van der Waals surface area contributed by atoms with E-state index in [1.165, 1.54) is 11.1 Å². The van der Waals surface area contributed by atoms with Crippen LogP contribution in [0, 0.1) is 0 Å². The topological polar surface area (TPSA) is 113 Å². The third-order valence-corrected chi connectivity index (χ3v) is 6.19. The lowest BCUT2D eigenvalue weighted by atomic mass is 9.95. The molecular weight excluding hydrogens is 408 g/mol. The first-order valence-electron chi connectivity index (χ1n) is 12.6. The van der Waals surface area contributed by atoms with Crippen molar-refractivity contribution in [3.05, 3.63) is 71.8 Å². The zero-order valence-corrected chi connectivity index (χ0v) is 20.6. The minimum Gasteiger partial charge on any atom is -0.372 e. The highest BCUT2D eigenvalue weighted by molar-refractivity contribution is 5.15. The Morgan fingerprint density at radius 3 is 1.30 bits per heavy atom. The average molecular weight is 455 g/mol. The van der Waals surface area contributed by atoms with Gasteiger partial charge in [0.15, 0.2) is 0 Å². The monoisotopic (exact) mass is 454 g/mol. The highest BCUT2D eigenvalue weighted by Gasteiger charge is 2.27. The van der Waals surface area contributed by atoms with E-state index in [1.54, 1.807) is 0 Å². The zero-order chi connectivity index (χ0) is 24.1. The minimum absolute atomic E-state index is 0.0366. The van der Waals surface area contributed by atoms with Crippen LogP contribution in [0.3, 0.4) is 0 Å². The molecule has 5 nitrogen and oxygen atoms in total. The predicted octanol–water partition coefficient (Wildman–Crippen LogP) is 3.92. The number of aryl methyl sites for hydroxylation is 2. The fraction of sp³-hybridized carbons (Fsp3) is 0.571. The van der Waals surface area contributed by atoms with Gasteiger partial charge in [-0.05, 0) is 76.3 Å². The summed E-state index contributed by atoms with van der Waals surface area (Å²) in [6, 6.07) is 21.0. The summed E-state index contributed by atoms with van der Waals surface area (Å²) in [6.07, 6.45) is 7.16. The number of benzene rings is 2. The van der Waals surface area contributed by atoms with Crippen molar-refractivity contribution in [2.75, 3.05) is 0 Å². The van der Waals surface area contributed by atoms with Crippen LogP contribution in [0.4, 0.5) is 0 Å². The van der Waals surface area contributed by atoms with Crippen molar-refractivity contribution in [3.8, 4) is 0 Å². The molecular formula is C28H46N4O. The molecule has 0 bridgehead atoms. The van der Waals surface area contributed by atoms with Crippen LogP contribution in [-0.2, 0) is 17.6 Å². The standard InChI is InChI=1S/C28H46N4O/c1-21(29)19-25(31)27(17-9-15-23-11-5-3-6-12-23)33-28(26(32)20-22(2)30)18-10-16-24-13-7-4-8-14-24/h3-8,11-14,21-22,25-28H,9-10,15-20,29-32H2,1-2H3. The van der Waals surface area contributed by atoms with E-state index in [-0.39, 0.29) is 36.4 Å². The minimum atomic E-state index is -0.111. The molecule has 0 aromatic heterocycles. The summed E-state index contributed by atoms with van der Waals surface area (Å²) >= 11 is 0. The van der Waals surface area contributed by atoms with Gasteiger partial charge in [0.25, 0.3) is 0 Å². The van der Waals surface area contributed by atoms with Gasteiger partial charge in [-0.25, -0.2) is 0 Å². The fourth-order valence-corrected chi connectivity index (χ4v) is 4.46. The highest BCUT2D eigenvalue weighted by atomic mass is 16.5. The molecule has 184 valence electrons. The molecule has 0 aliphatic carbocycles. The Kier molecular flexibility index (Phi) is 12.7. The average Bonchev–Trinajstić information content (AvgIpc) is 2.77. The van der Waals surface area contributed by atoms with Crippen LogP contribution in [0.5, 0.6) is 0 Å². The Hall–Kier alpha value is -1.76. The van der Waals surface area contributed by atoms with Crippen molar-refractivity contribution in [2.45, 2.75) is 102 Å². The number of rotatable bonds is 16. The van der Waals surface area contributed by atoms with E-state index in [9.17, 15) is 0 Å². The Morgan fingerprint density at radius 2 is 0.970 bits per heavy atom. The first-order valence-corrected chi connectivity index (χ1v) is 12.6. The molecule has 0 heterocycles. The molecule has 0 amide bonds. The maximum atomic E-state index is 6.69. The first kappa shape index (κ1) is 27.5. The third-order valence-electron chi connectivity index (χ3n) is 6.19. The fourth-order valence-electron chi connectivity index (χ4n) is 4.46. The summed E-state index contributed by atoms with van der Waals surface area (Å²) in [7, 11) is 0. The highest BCUT2D eigenvalue weighted by Crippen LogP contribution is 2.21. The van der Waals surface area contributed by atoms with Crippen LogP contribution in [0.25, 0.3) is 0 Å². The Labute approximate surface area is 201 Å². The third kappa shape index (κ3) is 11.3. The molecule has 33 heavy (non-hydrogen) atoms. The van der Waals surface area contributed by atoms with Gasteiger partial charge in [-0.3, -0.25) is 0 Å². The summed E-state index contributed by atoms with van der Waals surface area (Å²) in [5.74, 6) is 0. The van der Waals surface area contributed by atoms with E-state index in [4.69, 9.17) is 27.7 Å². The molecule has 2 aromatic carbocycles. The lowest BCUT2D eigenvalue weighted by molar-refractivity contribution is -0.0491. The van der Waals surface area contributed by atoms with E-state index in [0.29, 0.717) is 0 Å². The van der Waals surface area contributed by atoms with Gasteiger partial charge in [0, 0.05) is 24.2 Å². The largest absolute Gasteiger partial charge is 0.372 e. The first-order chi connectivity index (χ1) is 15.8. The van der Waals surface area contributed by atoms with Crippen molar-refractivity contribution in [1.29, 1.82) is 0 Å². The Balaban J connectivity index is 2.02. The summed E-state index contributed by atoms with van der Waals surface area (Å²) in [5, 5.41) is 0. The van der Waals surface area contributed by atoms with Gasteiger partial charge in [0.2, 0.25) is 0 Å². The zero-order valence-electron chi connectivity index (χ0n) is 20.6. The van der Waals surface area contributed by atoms with Gasteiger partial charge >= 0.3 is 0 Å². The van der Waals surface area contributed by atoms with Gasteiger partial charge in [-0.15, -0.1) is 0 Å². The molecule has 8 N–H and O–H groups in total. The van der Waals surface area contributed by atoms with E-state index >= 15 is 0 Å². The van der Waals surface area contributed by atoms with Gasteiger partial charge in [-0.1, -0.05) is 60.7 Å². The van der Waals surface area contributed by atoms with E-state index in [1.807, 2.05) is 26.0 Å². The molecule has 2 rings (SSSR count). The molecule has 0 saturated carbocycles. The summed E-state index contributed by atoms with van der Waals surface area (Å²) in [4.78, 5) is 0. The smallest absolute Gasteiger partial charge is 0.0731 e. The maximum absolute atomic E-state index is 6.69. The van der Waals surface area contributed by atoms with Crippen LogP contribution in [0.15, 0.2) is 60.7 Å². The van der Waals surface area contributed by atoms with Gasteiger partial charge in [-0.2, -0.15) is 0 Å². The van der Waals surface area contributed by atoms with Crippen LogP contribution >= 0.6 is 0 Å². The van der Waals surface area contributed by atoms with E-state index in [0.717, 1.165) is 51.4 Å². The van der Waals surface area contributed by atoms with Crippen molar-refractivity contribution < 1.29 is 4.74 Å². The maximum Gasteiger partial charge on any atom is 0.0731 e. The molecule has 6 atom stereocenters. The normalized spacial score (nSPS) is 17.2. The predicted molar refractivity (Wildman–Crippen MR) is 140 cm³/mol. The van der Waals surface area contributed by atoms with Crippen LogP contribution in [-0.4, -0.2) is 36.4 Å². The van der Waals surface area contributed by atoms with E-state index < -0.39 is 0 Å². The van der Waals surface area contributed by atoms with Crippen molar-refractivity contribution in [2.24, 2.45) is 22.9 Å². The quantitative estimate of drug-likeness (QED) is 0.307. The summed E-state index contributed by atoms with van der Waals surface area (Å²) in [5.41, 5.74) is 28.0.